The highest BCUT2D eigenvalue weighted by Crippen LogP contribution is 2.40. The lowest BCUT2D eigenvalue weighted by atomic mass is 9.86. The van der Waals surface area contributed by atoms with Gasteiger partial charge in [0, 0.05) is 6.54 Å². The Balaban J connectivity index is 2.08. The molecule has 1 aliphatic carbocycles. The van der Waals surface area contributed by atoms with Gasteiger partial charge >= 0.3 is 0 Å². The van der Waals surface area contributed by atoms with Crippen LogP contribution in [0.4, 0.5) is 5.82 Å². The van der Waals surface area contributed by atoms with Gasteiger partial charge in [-0.1, -0.05) is 45.6 Å². The van der Waals surface area contributed by atoms with Gasteiger partial charge in [-0.2, -0.15) is 0 Å². The minimum atomic E-state index is 0.609. The largest absolute Gasteiger partial charge is 0.369 e. The molecule has 3 nitrogen and oxygen atoms in total. The van der Waals surface area contributed by atoms with Crippen LogP contribution in [0, 0.1) is 17.8 Å². The lowest BCUT2D eigenvalue weighted by molar-refractivity contribution is 0.384. The van der Waals surface area contributed by atoms with Crippen molar-refractivity contribution in [1.82, 2.24) is 9.97 Å². The molecule has 1 heterocycles. The third-order valence-electron chi connectivity index (χ3n) is 5.06. The van der Waals surface area contributed by atoms with Gasteiger partial charge in [0.2, 0.25) is 0 Å². The zero-order chi connectivity index (χ0) is 16.8. The van der Waals surface area contributed by atoms with E-state index in [1.807, 2.05) is 12.4 Å². The van der Waals surface area contributed by atoms with Crippen molar-refractivity contribution >= 4 is 11.4 Å². The summed E-state index contributed by atoms with van der Waals surface area (Å²) in [6.45, 7) is 12.1. The van der Waals surface area contributed by atoms with E-state index in [2.05, 4.69) is 49.9 Å². The fraction of sp³-hybridized carbons (Fsp3) is 0.700. The summed E-state index contributed by atoms with van der Waals surface area (Å²) in [5, 5.41) is 3.34. The van der Waals surface area contributed by atoms with Crippen molar-refractivity contribution < 1.29 is 0 Å². The van der Waals surface area contributed by atoms with Crippen LogP contribution in [0.3, 0.4) is 0 Å². The van der Waals surface area contributed by atoms with Gasteiger partial charge in [0.25, 0.3) is 0 Å². The van der Waals surface area contributed by atoms with E-state index in [1.54, 1.807) is 0 Å². The van der Waals surface area contributed by atoms with Crippen LogP contribution in [0.15, 0.2) is 18.0 Å². The van der Waals surface area contributed by atoms with Crippen LogP contribution in [0.5, 0.6) is 0 Å². The first kappa shape index (κ1) is 18.0. The first-order valence-corrected chi connectivity index (χ1v) is 9.23. The minimum Gasteiger partial charge on any atom is -0.369 e. The molecule has 0 aromatic carbocycles. The number of anilines is 1. The summed E-state index contributed by atoms with van der Waals surface area (Å²) in [7, 11) is 0. The van der Waals surface area contributed by atoms with Gasteiger partial charge in [-0.25, -0.2) is 4.98 Å². The summed E-state index contributed by atoms with van der Waals surface area (Å²) < 4.78 is 0. The second kappa shape index (κ2) is 8.47. The van der Waals surface area contributed by atoms with E-state index in [4.69, 9.17) is 0 Å². The summed E-state index contributed by atoms with van der Waals surface area (Å²) in [5.74, 6) is 3.20. The van der Waals surface area contributed by atoms with Crippen molar-refractivity contribution in [2.45, 2.75) is 66.7 Å². The molecule has 0 bridgehead atoms. The smallest absolute Gasteiger partial charge is 0.144 e. The van der Waals surface area contributed by atoms with E-state index >= 15 is 0 Å². The first-order valence-electron chi connectivity index (χ1n) is 9.23. The number of hydrogen-bond acceptors (Lipinski definition) is 3. The van der Waals surface area contributed by atoms with Crippen LogP contribution in [-0.2, 0) is 0 Å². The van der Waals surface area contributed by atoms with Crippen LogP contribution in [-0.4, -0.2) is 16.5 Å². The van der Waals surface area contributed by atoms with Gasteiger partial charge in [-0.15, -0.1) is 0 Å². The summed E-state index contributed by atoms with van der Waals surface area (Å²) in [6, 6.07) is 0. The summed E-state index contributed by atoms with van der Waals surface area (Å²) >= 11 is 0. The van der Waals surface area contributed by atoms with Crippen LogP contribution in [0.2, 0.25) is 0 Å². The Morgan fingerprint density at radius 3 is 2.48 bits per heavy atom. The normalized spacial score (nSPS) is 20.8. The van der Waals surface area contributed by atoms with E-state index in [9.17, 15) is 0 Å². The highest BCUT2D eigenvalue weighted by Gasteiger charge is 2.27. The fourth-order valence-electron chi connectivity index (χ4n) is 3.63. The van der Waals surface area contributed by atoms with Crippen molar-refractivity contribution in [2.24, 2.45) is 17.8 Å². The Hall–Kier alpha value is -1.38. The van der Waals surface area contributed by atoms with Gasteiger partial charge in [0.05, 0.1) is 18.1 Å². The second-order valence-electron chi connectivity index (χ2n) is 7.60. The van der Waals surface area contributed by atoms with Gasteiger partial charge in [-0.05, 0) is 50.0 Å². The third kappa shape index (κ3) is 5.05. The molecule has 1 aromatic rings. The van der Waals surface area contributed by atoms with Gasteiger partial charge in [0.1, 0.15) is 5.82 Å². The Morgan fingerprint density at radius 2 is 1.91 bits per heavy atom. The quantitative estimate of drug-likeness (QED) is 0.716. The Kier molecular flexibility index (Phi) is 6.61. The monoisotopic (exact) mass is 315 g/mol. The van der Waals surface area contributed by atoms with Crippen LogP contribution in [0.25, 0.3) is 5.57 Å². The van der Waals surface area contributed by atoms with E-state index in [-0.39, 0.29) is 0 Å². The lowest BCUT2D eigenvalue weighted by Gasteiger charge is -2.20. The van der Waals surface area contributed by atoms with Crippen LogP contribution in [0.1, 0.15) is 72.4 Å². The van der Waals surface area contributed by atoms with Crippen molar-refractivity contribution in [3.05, 3.63) is 23.7 Å². The van der Waals surface area contributed by atoms with E-state index in [1.165, 1.54) is 36.8 Å². The zero-order valence-corrected chi connectivity index (χ0v) is 15.5. The van der Waals surface area contributed by atoms with Crippen molar-refractivity contribution in [3.8, 4) is 0 Å². The second-order valence-corrected chi connectivity index (χ2v) is 7.60. The average molecular weight is 316 g/mol. The number of nitrogens with zero attached hydrogens (tertiary/aromatic N) is 2. The van der Waals surface area contributed by atoms with Crippen LogP contribution < -0.4 is 5.32 Å². The fourth-order valence-corrected chi connectivity index (χ4v) is 3.63. The number of aromatic nitrogens is 2. The van der Waals surface area contributed by atoms with Crippen molar-refractivity contribution in [2.75, 3.05) is 11.9 Å². The van der Waals surface area contributed by atoms with Gasteiger partial charge in [0.15, 0.2) is 0 Å². The highest BCUT2D eigenvalue weighted by atomic mass is 15.0. The topological polar surface area (TPSA) is 37.8 Å². The van der Waals surface area contributed by atoms with Crippen LogP contribution >= 0.6 is 0 Å². The summed E-state index contributed by atoms with van der Waals surface area (Å²) in [4.78, 5) is 9.25. The molecular formula is C20H33N3. The van der Waals surface area contributed by atoms with Gasteiger partial charge in [-0.3, -0.25) is 4.98 Å². The molecule has 1 saturated carbocycles. The highest BCUT2D eigenvalue weighted by molar-refractivity contribution is 5.65. The molecule has 0 amide bonds. The molecule has 1 aromatic heterocycles. The Morgan fingerprint density at radius 1 is 1.17 bits per heavy atom. The number of rotatable bonds is 7. The molecule has 0 spiro atoms. The van der Waals surface area contributed by atoms with E-state index in [0.29, 0.717) is 5.92 Å². The molecule has 2 unspecified atom stereocenters. The lowest BCUT2D eigenvalue weighted by Crippen LogP contribution is -2.11. The molecule has 3 heteroatoms. The van der Waals surface area contributed by atoms with E-state index < -0.39 is 0 Å². The predicted molar refractivity (Wildman–Crippen MR) is 99.4 cm³/mol. The van der Waals surface area contributed by atoms with Crippen molar-refractivity contribution in [3.63, 3.8) is 0 Å². The maximum absolute atomic E-state index is 4.69. The average Bonchev–Trinajstić information content (AvgIpc) is 2.98. The van der Waals surface area contributed by atoms with Crippen molar-refractivity contribution in [1.29, 1.82) is 0 Å². The standard InChI is InChI=1S/C20H33N3/c1-6-16-8-7-9-17(16)10-18(15(4)5)19-12-23-20(13-21-19)22-11-14(2)3/h12-14,16-17H,6-11H2,1-5H3,(H,22,23). The third-order valence-corrected chi connectivity index (χ3v) is 5.06. The Labute approximate surface area is 142 Å². The maximum atomic E-state index is 4.69. The number of allylic oxidation sites excluding steroid dienone is 2. The molecular weight excluding hydrogens is 282 g/mol. The first-order chi connectivity index (χ1) is 11.0. The zero-order valence-electron chi connectivity index (χ0n) is 15.5. The molecule has 128 valence electrons. The number of nitrogens with one attached hydrogen (secondary N) is 1. The number of hydrogen-bond donors (Lipinski definition) is 1. The molecule has 0 radical (unpaired) electrons. The predicted octanol–water partition coefficient (Wildman–Crippen LogP) is 5.55. The molecule has 0 saturated heterocycles. The molecule has 23 heavy (non-hydrogen) atoms. The molecule has 2 atom stereocenters. The molecule has 1 fully saturated rings. The van der Waals surface area contributed by atoms with E-state index in [0.717, 1.165) is 36.3 Å². The summed E-state index contributed by atoms with van der Waals surface area (Å²) in [6.07, 6.45) is 10.5. The molecule has 1 aliphatic rings. The molecule has 1 N–H and O–H groups in total. The Bertz CT molecular complexity index is 512. The molecule has 2 rings (SSSR count). The SMILES string of the molecule is CCC1CCCC1CC(=C(C)C)c1cnc(NCC(C)C)cn1. The summed E-state index contributed by atoms with van der Waals surface area (Å²) in [5.41, 5.74) is 3.84. The molecule has 0 aliphatic heterocycles. The van der Waals surface area contributed by atoms with Gasteiger partial charge < -0.3 is 5.32 Å². The maximum Gasteiger partial charge on any atom is 0.144 e. The minimum absolute atomic E-state index is 0.609.